The molecule has 1 atom stereocenters. The third-order valence-electron chi connectivity index (χ3n) is 4.93. The molecule has 0 saturated heterocycles. The quantitative estimate of drug-likeness (QED) is 0.389. The summed E-state index contributed by atoms with van der Waals surface area (Å²) in [6.45, 7) is 2.01. The summed E-state index contributed by atoms with van der Waals surface area (Å²) in [6, 6.07) is 9.72. The van der Waals surface area contributed by atoms with Crippen molar-refractivity contribution in [2.24, 2.45) is 4.36 Å². The number of hydrogen-bond acceptors (Lipinski definition) is 4. The number of carbonyl (C=O) groups is 1. The summed E-state index contributed by atoms with van der Waals surface area (Å²) in [5.74, 6) is -4.28. The number of nitrogens with one attached hydrogen (secondary N) is 1. The number of alkyl halides is 5. The highest BCUT2D eigenvalue weighted by molar-refractivity contribution is 7.87. The fourth-order valence-corrected chi connectivity index (χ4v) is 5.06. The molecule has 12 heteroatoms. The molecule has 5 nitrogen and oxygen atoms in total. The average Bonchev–Trinajstić information content (AvgIpc) is 2.78. The monoisotopic (exact) mass is 530 g/mol. The zero-order valence-electron chi connectivity index (χ0n) is 18.8. The van der Waals surface area contributed by atoms with Gasteiger partial charge in [0.25, 0.3) is 11.8 Å². The first kappa shape index (κ1) is 26.7. The van der Waals surface area contributed by atoms with Crippen LogP contribution >= 0.6 is 11.6 Å². The molecule has 1 N–H and O–H groups in total. The fraction of sp³-hybridized carbons (Fsp3) is 0.261. The van der Waals surface area contributed by atoms with Gasteiger partial charge >= 0.3 is 6.18 Å². The van der Waals surface area contributed by atoms with Crippen molar-refractivity contribution in [2.75, 3.05) is 13.6 Å². The normalized spacial score (nSPS) is 13.1. The summed E-state index contributed by atoms with van der Waals surface area (Å²) in [5, 5.41) is 10.4. The van der Waals surface area contributed by atoms with Crippen molar-refractivity contribution in [1.29, 1.82) is 0 Å². The Bertz CT molecular complexity index is 1300. The Morgan fingerprint density at radius 2 is 1.77 bits per heavy atom. The molecule has 0 unspecified atom stereocenters. The van der Waals surface area contributed by atoms with Gasteiger partial charge in [-0.1, -0.05) is 23.7 Å². The van der Waals surface area contributed by atoms with E-state index in [1.54, 1.807) is 6.92 Å². The van der Waals surface area contributed by atoms with Crippen LogP contribution in [0, 0.1) is 13.8 Å². The zero-order valence-corrected chi connectivity index (χ0v) is 20.3. The van der Waals surface area contributed by atoms with Gasteiger partial charge in [-0.25, -0.2) is 0 Å². The Morgan fingerprint density at radius 1 is 1.06 bits per heavy atom. The van der Waals surface area contributed by atoms with Gasteiger partial charge in [0, 0.05) is 22.5 Å². The molecule has 1 amide bonds. The van der Waals surface area contributed by atoms with Crippen molar-refractivity contribution in [3.05, 3.63) is 81.5 Å². The van der Waals surface area contributed by atoms with Crippen LogP contribution in [0.2, 0.25) is 5.02 Å². The number of carbonyl (C=O) groups excluding carboxylic acids is 1. The van der Waals surface area contributed by atoms with Gasteiger partial charge in [0.15, 0.2) is 0 Å². The second-order valence-corrected chi connectivity index (χ2v) is 9.77. The van der Waals surface area contributed by atoms with Crippen molar-refractivity contribution in [2.45, 2.75) is 35.9 Å². The number of nitrogens with zero attached hydrogens (tertiary/aromatic N) is 3. The predicted octanol–water partition coefficient (Wildman–Crippen LogP) is 6.14. The second kappa shape index (κ2) is 10.4. The molecule has 0 radical (unpaired) electrons. The van der Waals surface area contributed by atoms with Crippen LogP contribution < -0.4 is 5.32 Å². The smallest absolute Gasteiger partial charge is 0.346 e. The van der Waals surface area contributed by atoms with Gasteiger partial charge in [-0.3, -0.25) is 9.16 Å². The van der Waals surface area contributed by atoms with E-state index in [1.165, 1.54) is 50.4 Å². The van der Waals surface area contributed by atoms with Crippen LogP contribution in [0.3, 0.4) is 0 Å². The minimum atomic E-state index is -4.58. The Balaban J connectivity index is 1.94. The summed E-state index contributed by atoms with van der Waals surface area (Å²) >= 11 is 5.84. The van der Waals surface area contributed by atoms with Crippen molar-refractivity contribution in [1.82, 2.24) is 15.5 Å². The highest BCUT2D eigenvalue weighted by Crippen LogP contribution is 2.33. The minimum Gasteiger partial charge on any atom is -0.346 e. The van der Waals surface area contributed by atoms with E-state index in [4.69, 9.17) is 11.6 Å². The summed E-state index contributed by atoms with van der Waals surface area (Å²) in [6.07, 6.45) is -4.58. The molecule has 0 bridgehead atoms. The van der Waals surface area contributed by atoms with Crippen LogP contribution in [-0.2, 0) is 22.8 Å². The van der Waals surface area contributed by atoms with Crippen LogP contribution in [0.4, 0.5) is 22.0 Å². The number of hydrogen-bond donors (Lipinski definition) is 1. The van der Waals surface area contributed by atoms with E-state index in [1.807, 2.05) is 0 Å². The number of benzene rings is 2. The van der Waals surface area contributed by atoms with Gasteiger partial charge < -0.3 is 5.32 Å². The minimum absolute atomic E-state index is 0.0269. The van der Waals surface area contributed by atoms with E-state index in [0.717, 1.165) is 12.1 Å². The largest absolute Gasteiger partial charge is 0.416 e. The number of aryl methyl sites for hydroxylation is 2. The molecule has 0 saturated carbocycles. The van der Waals surface area contributed by atoms with E-state index < -0.39 is 40.8 Å². The summed E-state index contributed by atoms with van der Waals surface area (Å²) in [7, 11) is -0.0572. The first-order chi connectivity index (χ1) is 16.3. The summed E-state index contributed by atoms with van der Waals surface area (Å²) in [5.41, 5.74) is -0.705. The second-order valence-electron chi connectivity index (χ2n) is 7.54. The molecular formula is C23H20ClF5N4OS. The maximum Gasteiger partial charge on any atom is 0.416 e. The van der Waals surface area contributed by atoms with Gasteiger partial charge in [0.2, 0.25) is 0 Å². The van der Waals surface area contributed by atoms with Gasteiger partial charge in [-0.05, 0) is 66.5 Å². The van der Waals surface area contributed by atoms with E-state index in [9.17, 15) is 26.7 Å². The van der Waals surface area contributed by atoms with Crippen molar-refractivity contribution in [3.63, 3.8) is 0 Å². The maximum atomic E-state index is 14.8. The lowest BCUT2D eigenvalue weighted by Gasteiger charge is -2.20. The van der Waals surface area contributed by atoms with Crippen LogP contribution in [0.5, 0.6) is 0 Å². The lowest BCUT2D eigenvalue weighted by molar-refractivity contribution is -0.137. The average molecular weight is 531 g/mol. The van der Waals surface area contributed by atoms with E-state index in [-0.39, 0.29) is 26.6 Å². The topological polar surface area (TPSA) is 67.2 Å². The molecule has 2 aromatic carbocycles. The van der Waals surface area contributed by atoms with Crippen LogP contribution in [0.15, 0.2) is 62.8 Å². The van der Waals surface area contributed by atoms with Gasteiger partial charge in [0.05, 0.1) is 23.4 Å². The molecule has 3 aromatic rings. The first-order valence-corrected chi connectivity index (χ1v) is 11.7. The molecule has 186 valence electrons. The first-order valence-electron chi connectivity index (χ1n) is 10.1. The molecular weight excluding hydrogens is 511 g/mol. The van der Waals surface area contributed by atoms with Crippen molar-refractivity contribution in [3.8, 4) is 0 Å². The summed E-state index contributed by atoms with van der Waals surface area (Å²) in [4.78, 5) is 13.1. The van der Waals surface area contributed by atoms with Crippen molar-refractivity contribution >= 4 is 28.2 Å². The maximum absolute atomic E-state index is 14.8. The number of rotatable bonds is 6. The lowest BCUT2D eigenvalue weighted by Crippen LogP contribution is -2.36. The van der Waals surface area contributed by atoms with E-state index in [2.05, 4.69) is 19.9 Å². The Morgan fingerprint density at radius 3 is 2.40 bits per heavy atom. The fourth-order valence-electron chi connectivity index (χ4n) is 3.30. The Kier molecular flexibility index (Phi) is 7.90. The standard InChI is InChI=1S/C23H20ClF5N4OS/c1-13-9-16(24)7-8-19(13)22(25,26)12-31-20(34)18-10-14(2)32-33-21(18)35(30-3)17-6-4-5-15(11-17)23(27,28)29/h4-11H,12H2,1-3H3,(H,31,34)/t35-/m1/s1. The number of halogens is 6. The van der Waals surface area contributed by atoms with Gasteiger partial charge in [-0.2, -0.15) is 27.1 Å². The van der Waals surface area contributed by atoms with Crippen molar-refractivity contribution < 1.29 is 26.7 Å². The molecule has 35 heavy (non-hydrogen) atoms. The lowest BCUT2D eigenvalue weighted by atomic mass is 10.0. The Hall–Kier alpha value is -2.92. The van der Waals surface area contributed by atoms with Crippen LogP contribution in [-0.4, -0.2) is 29.7 Å². The van der Waals surface area contributed by atoms with Gasteiger partial charge in [-0.15, -0.1) is 5.10 Å². The molecule has 0 spiro atoms. The predicted molar refractivity (Wildman–Crippen MR) is 123 cm³/mol. The molecule has 1 aromatic heterocycles. The molecule has 0 aliphatic heterocycles. The van der Waals surface area contributed by atoms with E-state index in [0.29, 0.717) is 10.7 Å². The Labute approximate surface area is 205 Å². The molecule has 3 rings (SSSR count). The molecule has 0 aliphatic carbocycles. The SMILES string of the molecule is CN=[S@](c1cccc(C(F)(F)F)c1)c1nnc(C)cc1C(=O)NCC(F)(F)c1ccc(Cl)cc1C. The molecule has 0 aliphatic rings. The third kappa shape index (κ3) is 6.21. The van der Waals surface area contributed by atoms with E-state index >= 15 is 0 Å². The molecule has 1 heterocycles. The number of aromatic nitrogens is 2. The van der Waals surface area contributed by atoms with Crippen LogP contribution in [0.25, 0.3) is 0 Å². The summed E-state index contributed by atoms with van der Waals surface area (Å²) < 4.78 is 73.4. The van der Waals surface area contributed by atoms with Gasteiger partial charge in [0.1, 0.15) is 5.03 Å². The third-order valence-corrected chi connectivity index (χ3v) is 6.90. The van der Waals surface area contributed by atoms with Crippen LogP contribution in [0.1, 0.15) is 32.7 Å². The highest BCUT2D eigenvalue weighted by atomic mass is 35.5. The highest BCUT2D eigenvalue weighted by Gasteiger charge is 2.34. The molecule has 0 fully saturated rings. The zero-order chi connectivity index (χ0) is 26.0. The number of amides is 1.